The largest absolute Gasteiger partial charge is 0.328 e. The number of fused-ring (bicyclic) bond motifs is 1. The van der Waals surface area contributed by atoms with Crippen molar-refractivity contribution in [2.45, 2.75) is 38.3 Å². The second-order valence-electron chi connectivity index (χ2n) is 5.69. The molecule has 17 heavy (non-hydrogen) atoms. The van der Waals surface area contributed by atoms with Crippen LogP contribution in [0.3, 0.4) is 0 Å². The summed E-state index contributed by atoms with van der Waals surface area (Å²) in [7, 11) is 0. The van der Waals surface area contributed by atoms with E-state index in [2.05, 4.69) is 29.2 Å². The van der Waals surface area contributed by atoms with Crippen LogP contribution in [0, 0.1) is 5.92 Å². The van der Waals surface area contributed by atoms with E-state index in [9.17, 15) is 0 Å². The lowest BCUT2D eigenvalue weighted by Crippen LogP contribution is -2.34. The van der Waals surface area contributed by atoms with Crippen molar-refractivity contribution in [3.63, 3.8) is 0 Å². The molecule has 0 radical (unpaired) electrons. The van der Waals surface area contributed by atoms with Crippen molar-refractivity contribution in [3.8, 4) is 0 Å². The monoisotopic (exact) mass is 230 g/mol. The Morgan fingerprint density at radius 3 is 2.76 bits per heavy atom. The number of nitrogens with two attached hydrogens (primary N) is 1. The predicted molar refractivity (Wildman–Crippen MR) is 70.7 cm³/mol. The average molecular weight is 230 g/mol. The molecule has 1 saturated carbocycles. The normalized spacial score (nSPS) is 29.2. The summed E-state index contributed by atoms with van der Waals surface area (Å²) in [5.74, 6) is 0.843. The zero-order valence-electron chi connectivity index (χ0n) is 10.4. The van der Waals surface area contributed by atoms with Crippen molar-refractivity contribution < 1.29 is 0 Å². The molecule has 2 nitrogen and oxygen atoms in total. The van der Waals surface area contributed by atoms with Gasteiger partial charge in [-0.25, -0.2) is 0 Å². The first-order valence-corrected chi connectivity index (χ1v) is 6.86. The molecular weight excluding hydrogens is 208 g/mol. The lowest BCUT2D eigenvalue weighted by molar-refractivity contribution is 0.214. The van der Waals surface area contributed by atoms with E-state index in [-0.39, 0.29) is 0 Å². The van der Waals surface area contributed by atoms with Crippen LogP contribution in [0.25, 0.3) is 0 Å². The third-order valence-corrected chi connectivity index (χ3v) is 4.31. The molecular formula is C15H22N2. The second kappa shape index (κ2) is 4.79. The minimum Gasteiger partial charge on any atom is -0.328 e. The van der Waals surface area contributed by atoms with Crippen molar-refractivity contribution in [3.05, 3.63) is 35.4 Å². The summed E-state index contributed by atoms with van der Waals surface area (Å²) in [6, 6.07) is 9.34. The Hall–Kier alpha value is -0.860. The first-order chi connectivity index (χ1) is 8.31. The third-order valence-electron chi connectivity index (χ3n) is 4.31. The number of benzene rings is 1. The molecule has 0 aromatic heterocycles. The fourth-order valence-corrected chi connectivity index (χ4v) is 3.35. The number of hydrogen-bond donors (Lipinski definition) is 1. The Morgan fingerprint density at radius 2 is 2.00 bits per heavy atom. The van der Waals surface area contributed by atoms with E-state index < -0.39 is 0 Å². The smallest absolute Gasteiger partial charge is 0.0236 e. The van der Waals surface area contributed by atoms with Crippen molar-refractivity contribution in [2.75, 3.05) is 13.1 Å². The van der Waals surface area contributed by atoms with E-state index in [0.29, 0.717) is 6.04 Å². The van der Waals surface area contributed by atoms with Crippen LogP contribution in [0.5, 0.6) is 0 Å². The highest BCUT2D eigenvalue weighted by Crippen LogP contribution is 2.27. The van der Waals surface area contributed by atoms with E-state index in [1.54, 1.807) is 5.56 Å². The molecule has 1 aliphatic heterocycles. The maximum Gasteiger partial charge on any atom is 0.0236 e. The van der Waals surface area contributed by atoms with Crippen LogP contribution in [-0.2, 0) is 13.0 Å². The Kier molecular flexibility index (Phi) is 3.17. The summed E-state index contributed by atoms with van der Waals surface area (Å²) in [5, 5.41) is 0. The van der Waals surface area contributed by atoms with Crippen LogP contribution in [-0.4, -0.2) is 24.0 Å². The molecule has 0 amide bonds. The van der Waals surface area contributed by atoms with E-state index >= 15 is 0 Å². The second-order valence-corrected chi connectivity index (χ2v) is 5.69. The van der Waals surface area contributed by atoms with Gasteiger partial charge in [0.15, 0.2) is 0 Å². The van der Waals surface area contributed by atoms with Gasteiger partial charge in [-0.15, -0.1) is 0 Å². The van der Waals surface area contributed by atoms with Crippen LogP contribution >= 0.6 is 0 Å². The van der Waals surface area contributed by atoms with Gasteiger partial charge in [0, 0.05) is 25.7 Å². The van der Waals surface area contributed by atoms with Gasteiger partial charge < -0.3 is 5.73 Å². The maximum absolute atomic E-state index is 5.99. The molecule has 0 spiro atoms. The molecule has 2 aliphatic rings. The first kappa shape index (κ1) is 11.2. The van der Waals surface area contributed by atoms with E-state index in [0.717, 1.165) is 12.5 Å². The fraction of sp³-hybridized carbons (Fsp3) is 0.600. The number of nitrogens with zero attached hydrogens (tertiary/aromatic N) is 1. The van der Waals surface area contributed by atoms with E-state index in [1.165, 1.54) is 44.3 Å². The molecule has 1 aromatic rings. The minimum atomic E-state index is 0.470. The Bertz CT molecular complexity index is 388. The van der Waals surface area contributed by atoms with Crippen molar-refractivity contribution in [1.29, 1.82) is 0 Å². The highest BCUT2D eigenvalue weighted by molar-refractivity contribution is 5.29. The average Bonchev–Trinajstić information content (AvgIpc) is 2.75. The summed E-state index contributed by atoms with van der Waals surface area (Å²) in [5.41, 5.74) is 9.07. The van der Waals surface area contributed by atoms with Crippen molar-refractivity contribution in [1.82, 2.24) is 4.90 Å². The lowest BCUT2D eigenvalue weighted by atomic mass is 9.98. The Labute approximate surface area is 104 Å². The molecule has 2 unspecified atom stereocenters. The van der Waals surface area contributed by atoms with Gasteiger partial charge in [0.2, 0.25) is 0 Å². The minimum absolute atomic E-state index is 0.470. The van der Waals surface area contributed by atoms with Crippen LogP contribution < -0.4 is 5.73 Å². The highest BCUT2D eigenvalue weighted by atomic mass is 15.1. The van der Waals surface area contributed by atoms with Crippen LogP contribution in [0.4, 0.5) is 0 Å². The highest BCUT2D eigenvalue weighted by Gasteiger charge is 2.25. The standard InChI is InChI=1S/C15H22N2/c16-15-6-5-12(9-15)10-17-8-7-13-3-1-2-4-14(13)11-17/h1-4,12,15H,5-11,16H2. The molecule has 1 heterocycles. The van der Waals surface area contributed by atoms with Crippen LogP contribution in [0.15, 0.2) is 24.3 Å². The fourth-order valence-electron chi connectivity index (χ4n) is 3.35. The quantitative estimate of drug-likeness (QED) is 0.843. The van der Waals surface area contributed by atoms with Gasteiger partial charge in [0.05, 0.1) is 0 Å². The van der Waals surface area contributed by atoms with Gasteiger partial charge >= 0.3 is 0 Å². The molecule has 2 N–H and O–H groups in total. The molecule has 1 fully saturated rings. The molecule has 0 bridgehead atoms. The number of hydrogen-bond acceptors (Lipinski definition) is 2. The van der Waals surface area contributed by atoms with Gasteiger partial charge in [-0.05, 0) is 42.7 Å². The maximum atomic E-state index is 5.99. The summed E-state index contributed by atoms with van der Waals surface area (Å²) in [4.78, 5) is 2.62. The topological polar surface area (TPSA) is 29.3 Å². The molecule has 3 rings (SSSR count). The van der Waals surface area contributed by atoms with Crippen molar-refractivity contribution >= 4 is 0 Å². The summed E-state index contributed by atoms with van der Waals surface area (Å²) in [6.45, 7) is 3.62. The Morgan fingerprint density at radius 1 is 1.18 bits per heavy atom. The molecule has 1 aromatic carbocycles. The van der Waals surface area contributed by atoms with Crippen molar-refractivity contribution in [2.24, 2.45) is 11.7 Å². The van der Waals surface area contributed by atoms with Gasteiger partial charge in [-0.2, -0.15) is 0 Å². The molecule has 0 saturated heterocycles. The van der Waals surface area contributed by atoms with Crippen LogP contribution in [0.2, 0.25) is 0 Å². The zero-order chi connectivity index (χ0) is 11.7. The molecule has 2 heteroatoms. The van der Waals surface area contributed by atoms with Crippen LogP contribution in [0.1, 0.15) is 30.4 Å². The third kappa shape index (κ3) is 2.53. The van der Waals surface area contributed by atoms with Gasteiger partial charge in [-0.3, -0.25) is 4.90 Å². The molecule has 92 valence electrons. The SMILES string of the molecule is NC1CCC(CN2CCc3ccccc3C2)C1. The number of rotatable bonds is 2. The Balaban J connectivity index is 1.61. The van der Waals surface area contributed by atoms with E-state index in [4.69, 9.17) is 5.73 Å². The summed E-state index contributed by atoms with van der Waals surface area (Å²) in [6.07, 6.45) is 5.02. The van der Waals surface area contributed by atoms with Gasteiger partial charge in [0.1, 0.15) is 0 Å². The predicted octanol–water partition coefficient (Wildman–Crippen LogP) is 2.17. The summed E-state index contributed by atoms with van der Waals surface area (Å²) < 4.78 is 0. The van der Waals surface area contributed by atoms with E-state index in [1.807, 2.05) is 0 Å². The zero-order valence-corrected chi connectivity index (χ0v) is 10.4. The lowest BCUT2D eigenvalue weighted by Gasteiger charge is -2.30. The van der Waals surface area contributed by atoms with Gasteiger partial charge in [0.25, 0.3) is 0 Å². The first-order valence-electron chi connectivity index (χ1n) is 6.86. The summed E-state index contributed by atoms with van der Waals surface area (Å²) >= 11 is 0. The van der Waals surface area contributed by atoms with Gasteiger partial charge in [-0.1, -0.05) is 24.3 Å². The molecule has 1 aliphatic carbocycles. The molecule has 2 atom stereocenters.